The van der Waals surface area contributed by atoms with Crippen LogP contribution >= 0.6 is 23.2 Å². The molecule has 1 aliphatic rings. The summed E-state index contributed by atoms with van der Waals surface area (Å²) in [6.07, 6.45) is 5.07. The topological polar surface area (TPSA) is 138 Å². The Hall–Kier alpha value is -4.63. The van der Waals surface area contributed by atoms with E-state index in [4.69, 9.17) is 33.2 Å². The van der Waals surface area contributed by atoms with Crippen molar-refractivity contribution in [1.29, 1.82) is 0 Å². The van der Waals surface area contributed by atoms with Gasteiger partial charge in [-0.15, -0.1) is 0 Å². The largest absolute Gasteiger partial charge is 0.390 e. The smallest absolute Gasteiger partial charge is 0.263 e. The number of nitrogens with zero attached hydrogens (tertiary/aromatic N) is 6. The van der Waals surface area contributed by atoms with E-state index in [1.165, 1.54) is 24.5 Å². The fourth-order valence-corrected chi connectivity index (χ4v) is 7.70. The van der Waals surface area contributed by atoms with Gasteiger partial charge < -0.3 is 15.3 Å². The van der Waals surface area contributed by atoms with Crippen LogP contribution < -0.4 is 14.9 Å². The molecule has 0 saturated carbocycles. The maximum absolute atomic E-state index is 15.8. The molecule has 3 aromatic carbocycles. The number of imidazole rings is 1. The number of pyridine rings is 1. The maximum atomic E-state index is 15.8. The first-order valence-electron chi connectivity index (χ1n) is 15.2. The highest BCUT2D eigenvalue weighted by molar-refractivity contribution is 7.92. The van der Waals surface area contributed by atoms with Crippen molar-refractivity contribution in [2.45, 2.75) is 36.7 Å². The van der Waals surface area contributed by atoms with Crippen LogP contribution in [-0.2, 0) is 10.0 Å². The monoisotopic (exact) mass is 724 g/mol. The Morgan fingerprint density at radius 1 is 0.939 bits per heavy atom. The second-order valence-corrected chi connectivity index (χ2v) is 14.4. The summed E-state index contributed by atoms with van der Waals surface area (Å²) in [6, 6.07) is 15.2. The van der Waals surface area contributed by atoms with E-state index in [9.17, 15) is 13.5 Å². The lowest BCUT2D eigenvalue weighted by Crippen LogP contribution is -2.28. The number of aliphatic hydroxyl groups is 1. The molecule has 6 aromatic rings. The third-order valence-corrected chi connectivity index (χ3v) is 10.8. The van der Waals surface area contributed by atoms with Crippen LogP contribution in [0.3, 0.4) is 0 Å². The van der Waals surface area contributed by atoms with Gasteiger partial charge in [-0.25, -0.2) is 37.1 Å². The lowest BCUT2D eigenvalue weighted by atomic mass is 9.98. The Kier molecular flexibility index (Phi) is 8.51. The van der Waals surface area contributed by atoms with Gasteiger partial charge in [0.05, 0.1) is 38.1 Å². The second kappa shape index (κ2) is 12.7. The van der Waals surface area contributed by atoms with Crippen molar-refractivity contribution in [3.05, 3.63) is 95.0 Å². The highest BCUT2D eigenvalue weighted by atomic mass is 35.5. The molecule has 11 nitrogen and oxygen atoms in total. The van der Waals surface area contributed by atoms with Gasteiger partial charge in [0.25, 0.3) is 10.0 Å². The third kappa shape index (κ3) is 6.32. The third-order valence-electron chi connectivity index (χ3n) is 8.46. The number of rotatable bonds is 7. The fraction of sp³-hybridized carbons (Fsp3) is 0.212. The summed E-state index contributed by atoms with van der Waals surface area (Å²) in [6.45, 7) is 3.33. The number of hydrogen-bond acceptors (Lipinski definition) is 9. The number of sulfonamides is 1. The van der Waals surface area contributed by atoms with E-state index < -0.39 is 38.6 Å². The van der Waals surface area contributed by atoms with Crippen molar-refractivity contribution < 1.29 is 22.3 Å². The molecule has 0 amide bonds. The number of anilines is 4. The van der Waals surface area contributed by atoms with Crippen LogP contribution in [0.1, 0.15) is 26.2 Å². The van der Waals surface area contributed by atoms with Crippen LogP contribution in [0.5, 0.6) is 0 Å². The minimum Gasteiger partial charge on any atom is -0.390 e. The van der Waals surface area contributed by atoms with Gasteiger partial charge in [-0.3, -0.25) is 9.29 Å². The van der Waals surface area contributed by atoms with Crippen molar-refractivity contribution in [2.24, 2.45) is 0 Å². The van der Waals surface area contributed by atoms with Gasteiger partial charge in [-0.05, 0) is 74.7 Å². The van der Waals surface area contributed by atoms with Gasteiger partial charge in [0, 0.05) is 13.1 Å². The lowest BCUT2D eigenvalue weighted by molar-refractivity contribution is 0.0481. The molecular weight excluding hydrogens is 697 g/mol. The Bertz CT molecular complexity index is 2360. The predicted octanol–water partition coefficient (Wildman–Crippen LogP) is 7.23. The molecule has 0 bridgehead atoms. The molecule has 1 atom stereocenters. The molecule has 49 heavy (non-hydrogen) atoms. The molecule has 3 N–H and O–H groups in total. The molecule has 16 heteroatoms. The number of benzene rings is 3. The van der Waals surface area contributed by atoms with Gasteiger partial charge in [-0.2, -0.15) is 0 Å². The van der Waals surface area contributed by atoms with Crippen molar-refractivity contribution in [3.8, 4) is 5.82 Å². The predicted molar refractivity (Wildman–Crippen MR) is 186 cm³/mol. The summed E-state index contributed by atoms with van der Waals surface area (Å²) in [7, 11) is -4.41. The number of halogens is 4. The normalized spacial score (nSPS) is 17.0. The molecule has 1 saturated heterocycles. The fourth-order valence-electron chi connectivity index (χ4n) is 5.88. The molecule has 0 radical (unpaired) electrons. The van der Waals surface area contributed by atoms with E-state index in [-0.39, 0.29) is 26.3 Å². The Balaban J connectivity index is 1.23. The van der Waals surface area contributed by atoms with Gasteiger partial charge in [-0.1, -0.05) is 35.3 Å². The maximum Gasteiger partial charge on any atom is 0.263 e. The molecule has 3 aromatic heterocycles. The number of para-hydroxylation sites is 1. The van der Waals surface area contributed by atoms with E-state index in [2.05, 4.69) is 24.9 Å². The van der Waals surface area contributed by atoms with Gasteiger partial charge >= 0.3 is 0 Å². The van der Waals surface area contributed by atoms with E-state index in [1.54, 1.807) is 23.0 Å². The van der Waals surface area contributed by atoms with Crippen LogP contribution in [0.15, 0.2) is 78.2 Å². The number of fused-ring (bicyclic) bond motifs is 2. The zero-order chi connectivity index (χ0) is 34.5. The Morgan fingerprint density at radius 2 is 1.76 bits per heavy atom. The zero-order valence-electron chi connectivity index (χ0n) is 25.8. The van der Waals surface area contributed by atoms with Crippen LogP contribution in [-0.4, -0.2) is 56.7 Å². The number of aromatic nitrogens is 5. The first kappa shape index (κ1) is 32.9. The van der Waals surface area contributed by atoms with E-state index in [1.807, 2.05) is 25.1 Å². The summed E-state index contributed by atoms with van der Waals surface area (Å²) in [5.41, 5.74) is 1.15. The molecule has 1 fully saturated rings. The molecule has 1 unspecified atom stereocenters. The highest BCUT2D eigenvalue weighted by Gasteiger charge is 2.27. The molecule has 0 spiro atoms. The summed E-state index contributed by atoms with van der Waals surface area (Å²) in [4.78, 5) is 19.8. The average Bonchev–Trinajstić information content (AvgIpc) is 3.43. The van der Waals surface area contributed by atoms with Crippen molar-refractivity contribution in [1.82, 2.24) is 24.5 Å². The van der Waals surface area contributed by atoms with Crippen molar-refractivity contribution >= 4 is 78.2 Å². The lowest BCUT2D eigenvalue weighted by Gasteiger charge is -2.24. The van der Waals surface area contributed by atoms with Crippen LogP contribution in [0, 0.1) is 11.6 Å². The highest BCUT2D eigenvalue weighted by Crippen LogP contribution is 2.35. The minimum atomic E-state index is -4.41. The molecular formula is C33H28Cl2F2N8O3S. The molecule has 0 aliphatic carbocycles. The molecule has 7 rings (SSSR count). The summed E-state index contributed by atoms with van der Waals surface area (Å²) in [5.74, 6) is -1.81. The number of nitrogens with one attached hydrogen (secondary N) is 2. The van der Waals surface area contributed by atoms with Gasteiger partial charge in [0.15, 0.2) is 11.6 Å². The van der Waals surface area contributed by atoms with Gasteiger partial charge in [0.2, 0.25) is 0 Å². The van der Waals surface area contributed by atoms with Crippen LogP contribution in [0.4, 0.5) is 31.7 Å². The van der Waals surface area contributed by atoms with E-state index >= 15 is 8.78 Å². The van der Waals surface area contributed by atoms with Crippen LogP contribution in [0.25, 0.3) is 27.9 Å². The molecule has 1 aliphatic heterocycles. The van der Waals surface area contributed by atoms with Gasteiger partial charge in [0.1, 0.15) is 45.9 Å². The second-order valence-electron chi connectivity index (χ2n) is 11.9. The standard InChI is InChI=1S/C33H28Cl2F2N8O3S/c1-33(46)13-4-15-44(16-14-33)23-6-3-7-24-31(23)40-18-45(24)26-12-11-22-30(41-26)32(39-17-38-22)42-29-20(36)9-10-21(28(29)37)43-49(47,48)25-8-2-5-19(34)27(25)35/h2-3,5-12,17-18,43,46H,4,13-16H2,1H3,(H,38,39,42). The first-order valence-corrected chi connectivity index (χ1v) is 17.4. The van der Waals surface area contributed by atoms with E-state index in [0.29, 0.717) is 24.3 Å². The quantitative estimate of drug-likeness (QED) is 0.156. The number of hydrogen-bond donors (Lipinski definition) is 3. The summed E-state index contributed by atoms with van der Waals surface area (Å²) in [5, 5.41) is 13.0. The van der Waals surface area contributed by atoms with Crippen LogP contribution in [0.2, 0.25) is 10.0 Å². The van der Waals surface area contributed by atoms with E-state index in [0.717, 1.165) is 48.2 Å². The van der Waals surface area contributed by atoms with Crippen molar-refractivity contribution in [2.75, 3.05) is 28.0 Å². The SMILES string of the molecule is CC1(O)CCCN(c2cccc3c2ncn3-c2ccc3ncnc(Nc4c(F)ccc(NS(=O)(=O)c5cccc(Cl)c5Cl)c4F)c3n2)CC1. The van der Waals surface area contributed by atoms with Crippen molar-refractivity contribution in [3.63, 3.8) is 0 Å². The molecule has 4 heterocycles. The average molecular weight is 726 g/mol. The first-order chi connectivity index (χ1) is 23.4. The summed E-state index contributed by atoms with van der Waals surface area (Å²) < 4.78 is 60.9. The zero-order valence-corrected chi connectivity index (χ0v) is 28.2. The molecule has 252 valence electrons. The minimum absolute atomic E-state index is 0.00859. The Morgan fingerprint density at radius 3 is 2.59 bits per heavy atom. The summed E-state index contributed by atoms with van der Waals surface area (Å²) >= 11 is 12.1. The Labute approximate surface area is 289 Å².